The first-order chi connectivity index (χ1) is 8.69. The molecule has 4 nitrogen and oxygen atoms in total. The van der Waals surface area contributed by atoms with Crippen LogP contribution >= 0.6 is 0 Å². The molecule has 2 rings (SSSR count). The Hall–Kier alpha value is -1.55. The van der Waals surface area contributed by atoms with Crippen LogP contribution in [0.25, 0.3) is 0 Å². The van der Waals surface area contributed by atoms with Gasteiger partial charge in [0.1, 0.15) is 5.75 Å². The van der Waals surface area contributed by atoms with E-state index in [0.717, 1.165) is 30.6 Å². The molecule has 0 heterocycles. The Bertz CT molecular complexity index is 420. The topological polar surface area (TPSA) is 64.3 Å². The number of carbonyl (C=O) groups is 1. The molecular weight excluding hydrogens is 228 g/mol. The Morgan fingerprint density at radius 1 is 1.50 bits per heavy atom. The van der Waals surface area contributed by atoms with E-state index in [2.05, 4.69) is 5.32 Å². The van der Waals surface area contributed by atoms with Gasteiger partial charge in [0.05, 0.1) is 13.5 Å². The fraction of sp³-hybridized carbons (Fsp3) is 0.500. The number of rotatable bonds is 4. The predicted molar refractivity (Wildman–Crippen MR) is 70.5 cm³/mol. The lowest BCUT2D eigenvalue weighted by atomic mass is 10.1. The number of hydrogen-bond acceptors (Lipinski definition) is 3. The van der Waals surface area contributed by atoms with Crippen LogP contribution in [0.4, 0.5) is 0 Å². The molecule has 0 saturated heterocycles. The van der Waals surface area contributed by atoms with Gasteiger partial charge in [0.2, 0.25) is 5.91 Å². The van der Waals surface area contributed by atoms with Crippen LogP contribution in [0.5, 0.6) is 5.75 Å². The van der Waals surface area contributed by atoms with E-state index in [1.54, 1.807) is 7.11 Å². The fourth-order valence-electron chi connectivity index (χ4n) is 2.39. The smallest absolute Gasteiger partial charge is 0.224 e. The zero-order valence-electron chi connectivity index (χ0n) is 10.7. The highest BCUT2D eigenvalue weighted by Crippen LogP contribution is 2.17. The van der Waals surface area contributed by atoms with Crippen molar-refractivity contribution in [1.29, 1.82) is 0 Å². The maximum absolute atomic E-state index is 11.9. The van der Waals surface area contributed by atoms with Crippen molar-refractivity contribution in [2.45, 2.75) is 37.8 Å². The van der Waals surface area contributed by atoms with Crippen molar-refractivity contribution in [2.24, 2.45) is 5.73 Å². The largest absolute Gasteiger partial charge is 0.497 e. The minimum Gasteiger partial charge on any atom is -0.497 e. The predicted octanol–water partition coefficient (Wildman–Crippen LogP) is 1.23. The number of nitrogens with one attached hydrogen (secondary N) is 1. The van der Waals surface area contributed by atoms with Crippen LogP contribution in [0.2, 0.25) is 0 Å². The van der Waals surface area contributed by atoms with E-state index in [9.17, 15) is 4.79 Å². The van der Waals surface area contributed by atoms with E-state index in [0.29, 0.717) is 6.42 Å². The fourth-order valence-corrected chi connectivity index (χ4v) is 2.39. The number of benzene rings is 1. The van der Waals surface area contributed by atoms with Gasteiger partial charge in [-0.3, -0.25) is 4.79 Å². The van der Waals surface area contributed by atoms with E-state index in [4.69, 9.17) is 10.5 Å². The average Bonchev–Trinajstić information content (AvgIpc) is 2.75. The molecule has 1 fully saturated rings. The molecule has 2 atom stereocenters. The van der Waals surface area contributed by atoms with Crippen molar-refractivity contribution in [2.75, 3.05) is 7.11 Å². The molecule has 1 saturated carbocycles. The Morgan fingerprint density at radius 2 is 2.33 bits per heavy atom. The molecule has 1 aromatic carbocycles. The van der Waals surface area contributed by atoms with Gasteiger partial charge >= 0.3 is 0 Å². The van der Waals surface area contributed by atoms with Gasteiger partial charge in [0, 0.05) is 12.1 Å². The Balaban J connectivity index is 1.90. The number of methoxy groups -OCH3 is 1. The first-order valence-electron chi connectivity index (χ1n) is 6.37. The van der Waals surface area contributed by atoms with Gasteiger partial charge in [0.15, 0.2) is 0 Å². The van der Waals surface area contributed by atoms with Crippen LogP contribution in [0, 0.1) is 0 Å². The van der Waals surface area contributed by atoms with Gasteiger partial charge in [-0.05, 0) is 37.0 Å². The van der Waals surface area contributed by atoms with Gasteiger partial charge in [-0.2, -0.15) is 0 Å². The number of carbonyl (C=O) groups excluding carboxylic acids is 1. The highest BCUT2D eigenvalue weighted by Gasteiger charge is 2.25. The standard InChI is InChI=1S/C14H20N2O2/c1-18-11-5-2-4-10(8-11)9-14(17)16-13-7-3-6-12(13)15/h2,4-5,8,12-13H,3,6-7,9,15H2,1H3,(H,16,17). The van der Waals surface area contributed by atoms with Crippen LogP contribution < -0.4 is 15.8 Å². The van der Waals surface area contributed by atoms with Crippen LogP contribution in [0.1, 0.15) is 24.8 Å². The lowest BCUT2D eigenvalue weighted by Crippen LogP contribution is -2.44. The first kappa shape index (κ1) is 12.9. The summed E-state index contributed by atoms with van der Waals surface area (Å²) in [5.41, 5.74) is 6.89. The van der Waals surface area contributed by atoms with Crippen molar-refractivity contribution < 1.29 is 9.53 Å². The lowest BCUT2D eigenvalue weighted by Gasteiger charge is -2.17. The molecule has 3 N–H and O–H groups in total. The summed E-state index contributed by atoms with van der Waals surface area (Å²) in [5.74, 6) is 0.809. The molecule has 1 aromatic rings. The molecule has 1 amide bonds. The Morgan fingerprint density at radius 3 is 3.00 bits per heavy atom. The number of amides is 1. The Kier molecular flexibility index (Phi) is 4.20. The highest BCUT2D eigenvalue weighted by molar-refractivity contribution is 5.79. The monoisotopic (exact) mass is 248 g/mol. The zero-order chi connectivity index (χ0) is 13.0. The second kappa shape index (κ2) is 5.87. The normalized spacial score (nSPS) is 22.8. The third-order valence-corrected chi connectivity index (χ3v) is 3.41. The molecule has 0 aliphatic heterocycles. The van der Waals surface area contributed by atoms with Crippen molar-refractivity contribution in [3.05, 3.63) is 29.8 Å². The SMILES string of the molecule is COc1cccc(CC(=O)NC2CCCC2N)c1. The number of hydrogen-bond donors (Lipinski definition) is 2. The third kappa shape index (κ3) is 3.23. The summed E-state index contributed by atoms with van der Waals surface area (Å²) in [7, 11) is 1.62. The molecule has 0 spiro atoms. The summed E-state index contributed by atoms with van der Waals surface area (Å²) in [5, 5.41) is 3.01. The highest BCUT2D eigenvalue weighted by atomic mass is 16.5. The summed E-state index contributed by atoms with van der Waals surface area (Å²) in [4.78, 5) is 11.9. The molecule has 1 aliphatic carbocycles. The van der Waals surface area contributed by atoms with E-state index < -0.39 is 0 Å². The van der Waals surface area contributed by atoms with Gasteiger partial charge in [0.25, 0.3) is 0 Å². The minimum atomic E-state index is 0.0330. The second-order valence-electron chi connectivity index (χ2n) is 4.80. The molecule has 4 heteroatoms. The molecule has 98 valence electrons. The van der Waals surface area contributed by atoms with E-state index in [1.807, 2.05) is 24.3 Å². The molecule has 18 heavy (non-hydrogen) atoms. The molecule has 0 bridgehead atoms. The van der Waals surface area contributed by atoms with E-state index >= 15 is 0 Å². The first-order valence-corrected chi connectivity index (χ1v) is 6.37. The number of nitrogens with two attached hydrogens (primary N) is 1. The van der Waals surface area contributed by atoms with Crippen LogP contribution in [0.3, 0.4) is 0 Å². The average molecular weight is 248 g/mol. The summed E-state index contributed by atoms with van der Waals surface area (Å²) in [6, 6.07) is 7.82. The maximum Gasteiger partial charge on any atom is 0.224 e. The van der Waals surface area contributed by atoms with Crippen molar-refractivity contribution in [1.82, 2.24) is 5.32 Å². The van der Waals surface area contributed by atoms with E-state index in [-0.39, 0.29) is 18.0 Å². The summed E-state index contributed by atoms with van der Waals surface area (Å²) < 4.78 is 5.14. The molecule has 0 aromatic heterocycles. The number of ether oxygens (including phenoxy) is 1. The summed E-state index contributed by atoms with van der Waals surface area (Å²) >= 11 is 0. The second-order valence-corrected chi connectivity index (χ2v) is 4.80. The quantitative estimate of drug-likeness (QED) is 0.842. The van der Waals surface area contributed by atoms with Crippen LogP contribution in [-0.2, 0) is 11.2 Å². The molecule has 1 aliphatic rings. The van der Waals surface area contributed by atoms with Crippen molar-refractivity contribution in [3.8, 4) is 5.75 Å². The molecular formula is C14H20N2O2. The van der Waals surface area contributed by atoms with E-state index in [1.165, 1.54) is 0 Å². The van der Waals surface area contributed by atoms with Gasteiger partial charge in [-0.1, -0.05) is 12.1 Å². The minimum absolute atomic E-state index is 0.0330. The van der Waals surface area contributed by atoms with Crippen molar-refractivity contribution in [3.63, 3.8) is 0 Å². The van der Waals surface area contributed by atoms with Crippen LogP contribution in [-0.4, -0.2) is 25.1 Å². The summed E-state index contributed by atoms with van der Waals surface area (Å²) in [6.45, 7) is 0. The third-order valence-electron chi connectivity index (χ3n) is 3.41. The molecule has 2 unspecified atom stereocenters. The summed E-state index contributed by atoms with van der Waals surface area (Å²) in [6.07, 6.45) is 3.47. The van der Waals surface area contributed by atoms with Crippen molar-refractivity contribution >= 4 is 5.91 Å². The lowest BCUT2D eigenvalue weighted by molar-refractivity contribution is -0.121. The zero-order valence-corrected chi connectivity index (χ0v) is 10.7. The maximum atomic E-state index is 11.9. The Labute approximate surface area is 108 Å². The van der Waals surface area contributed by atoms with Gasteiger partial charge in [-0.25, -0.2) is 0 Å². The van der Waals surface area contributed by atoms with Gasteiger partial charge in [-0.15, -0.1) is 0 Å². The molecule has 0 radical (unpaired) electrons. The van der Waals surface area contributed by atoms with Crippen LogP contribution in [0.15, 0.2) is 24.3 Å². The van der Waals surface area contributed by atoms with Gasteiger partial charge < -0.3 is 15.8 Å².